The molecular formula is C19H19NO2. The van der Waals surface area contributed by atoms with E-state index in [9.17, 15) is 9.59 Å². The Kier molecular flexibility index (Phi) is 3.80. The molecule has 112 valence electrons. The summed E-state index contributed by atoms with van der Waals surface area (Å²) in [5, 5.41) is 0. The highest BCUT2D eigenvalue weighted by molar-refractivity contribution is 6.12. The molecular weight excluding hydrogens is 274 g/mol. The molecule has 3 nitrogen and oxygen atoms in total. The second-order valence-electron chi connectivity index (χ2n) is 5.71. The smallest absolute Gasteiger partial charge is 0.259 e. The van der Waals surface area contributed by atoms with E-state index in [-0.39, 0.29) is 11.7 Å². The summed E-state index contributed by atoms with van der Waals surface area (Å²) in [5.41, 5.74) is 3.58. The number of carbonyl (C=O) groups is 2. The lowest BCUT2D eigenvalue weighted by Crippen LogP contribution is -2.50. The Balaban J connectivity index is 2.09. The van der Waals surface area contributed by atoms with Crippen LogP contribution in [0.25, 0.3) is 0 Å². The largest absolute Gasteiger partial charge is 0.298 e. The van der Waals surface area contributed by atoms with Crippen molar-refractivity contribution in [3.05, 3.63) is 65.2 Å². The molecule has 0 spiro atoms. The summed E-state index contributed by atoms with van der Waals surface area (Å²) in [4.78, 5) is 26.9. The van der Waals surface area contributed by atoms with Gasteiger partial charge in [0.25, 0.3) is 5.91 Å². The lowest BCUT2D eigenvalue weighted by Gasteiger charge is -2.35. The van der Waals surface area contributed by atoms with Gasteiger partial charge in [-0.15, -0.1) is 0 Å². The molecule has 2 aromatic carbocycles. The van der Waals surface area contributed by atoms with Crippen LogP contribution in [0.5, 0.6) is 0 Å². The van der Waals surface area contributed by atoms with Crippen molar-refractivity contribution in [3.63, 3.8) is 0 Å². The van der Waals surface area contributed by atoms with Crippen LogP contribution in [0.4, 0.5) is 5.69 Å². The number of hydrogen-bond donors (Lipinski definition) is 0. The summed E-state index contributed by atoms with van der Waals surface area (Å²) < 4.78 is 0. The van der Waals surface area contributed by atoms with Gasteiger partial charge < -0.3 is 0 Å². The fourth-order valence-electron chi connectivity index (χ4n) is 2.97. The average Bonchev–Trinajstić information content (AvgIpc) is 2.55. The van der Waals surface area contributed by atoms with E-state index in [1.54, 1.807) is 4.90 Å². The molecule has 1 amide bonds. The van der Waals surface area contributed by atoms with Crippen molar-refractivity contribution in [1.29, 1.82) is 0 Å². The van der Waals surface area contributed by atoms with E-state index in [4.69, 9.17) is 0 Å². The number of anilines is 1. The van der Waals surface area contributed by atoms with Crippen molar-refractivity contribution in [2.24, 2.45) is 0 Å². The van der Waals surface area contributed by atoms with E-state index in [0.717, 1.165) is 16.8 Å². The Morgan fingerprint density at radius 1 is 1.14 bits per heavy atom. The summed E-state index contributed by atoms with van der Waals surface area (Å²) in [7, 11) is 0. The molecule has 0 aromatic heterocycles. The van der Waals surface area contributed by atoms with Crippen LogP contribution in [0, 0.1) is 6.92 Å². The van der Waals surface area contributed by atoms with Crippen molar-refractivity contribution >= 4 is 17.4 Å². The molecule has 0 radical (unpaired) electrons. The molecule has 3 heteroatoms. The minimum atomic E-state index is -0.407. The van der Waals surface area contributed by atoms with Gasteiger partial charge in [0.05, 0.1) is 6.04 Å². The van der Waals surface area contributed by atoms with Crippen molar-refractivity contribution in [2.75, 3.05) is 4.90 Å². The Bertz CT molecular complexity index is 718. The molecule has 0 aliphatic carbocycles. The van der Waals surface area contributed by atoms with Gasteiger partial charge in [0.15, 0.2) is 5.78 Å². The number of benzene rings is 2. The summed E-state index contributed by atoms with van der Waals surface area (Å²) in [5.74, 6) is 0.0148. The van der Waals surface area contributed by atoms with Crippen LogP contribution in [0.3, 0.4) is 0 Å². The fourth-order valence-corrected chi connectivity index (χ4v) is 2.97. The standard InChI is InChI=1S/C19H19NO2/c1-3-18(21)17-12-14-6-4-5-7-16(14)19(22)20(17)15-10-8-13(2)9-11-15/h4-11,17H,3,12H2,1-2H3. The van der Waals surface area contributed by atoms with E-state index < -0.39 is 6.04 Å². The van der Waals surface area contributed by atoms with Gasteiger partial charge in [-0.25, -0.2) is 0 Å². The first-order valence-electron chi connectivity index (χ1n) is 7.62. The van der Waals surface area contributed by atoms with Crippen LogP contribution >= 0.6 is 0 Å². The van der Waals surface area contributed by atoms with E-state index >= 15 is 0 Å². The minimum Gasteiger partial charge on any atom is -0.298 e. The van der Waals surface area contributed by atoms with Crippen molar-refractivity contribution in [2.45, 2.75) is 32.7 Å². The van der Waals surface area contributed by atoms with Crippen molar-refractivity contribution < 1.29 is 9.59 Å². The molecule has 0 bridgehead atoms. The van der Waals surface area contributed by atoms with E-state index in [2.05, 4.69) is 0 Å². The number of ketones is 1. The predicted molar refractivity (Wildman–Crippen MR) is 87.2 cm³/mol. The van der Waals surface area contributed by atoms with E-state index in [1.807, 2.05) is 62.4 Å². The molecule has 1 atom stereocenters. The lowest BCUT2D eigenvalue weighted by atomic mass is 9.90. The van der Waals surface area contributed by atoms with Crippen LogP contribution in [-0.4, -0.2) is 17.7 Å². The molecule has 0 fully saturated rings. The molecule has 0 saturated carbocycles. The van der Waals surface area contributed by atoms with Crippen molar-refractivity contribution in [3.8, 4) is 0 Å². The monoisotopic (exact) mass is 293 g/mol. The highest BCUT2D eigenvalue weighted by Crippen LogP contribution is 2.29. The van der Waals surface area contributed by atoms with Crippen LogP contribution < -0.4 is 4.90 Å². The number of Topliss-reactive ketones (excluding diaryl/α,β-unsaturated/α-hetero) is 1. The summed E-state index contributed by atoms with van der Waals surface area (Å²) in [6, 6.07) is 14.9. The van der Waals surface area contributed by atoms with Gasteiger partial charge in [-0.2, -0.15) is 0 Å². The second kappa shape index (κ2) is 5.76. The number of amides is 1. The topological polar surface area (TPSA) is 37.4 Å². The third-order valence-electron chi connectivity index (χ3n) is 4.22. The molecule has 1 aliphatic rings. The average molecular weight is 293 g/mol. The van der Waals surface area contributed by atoms with Crippen molar-refractivity contribution in [1.82, 2.24) is 0 Å². The maximum Gasteiger partial charge on any atom is 0.259 e. The van der Waals surface area contributed by atoms with Crippen LogP contribution in [0.2, 0.25) is 0 Å². The molecule has 0 N–H and O–H groups in total. The number of carbonyl (C=O) groups excluding carboxylic acids is 2. The van der Waals surface area contributed by atoms with Gasteiger partial charge in [-0.05, 0) is 30.7 Å². The second-order valence-corrected chi connectivity index (χ2v) is 5.71. The molecule has 1 unspecified atom stereocenters. The Hall–Kier alpha value is -2.42. The van der Waals surface area contributed by atoms with Gasteiger partial charge in [-0.3, -0.25) is 14.5 Å². The first kappa shape index (κ1) is 14.5. The number of fused-ring (bicyclic) bond motifs is 1. The number of rotatable bonds is 3. The van der Waals surface area contributed by atoms with Crippen LogP contribution in [0.15, 0.2) is 48.5 Å². The molecule has 22 heavy (non-hydrogen) atoms. The Morgan fingerprint density at radius 3 is 2.50 bits per heavy atom. The van der Waals surface area contributed by atoms with E-state index in [0.29, 0.717) is 18.4 Å². The molecule has 0 saturated heterocycles. The van der Waals surface area contributed by atoms with Gasteiger partial charge in [0.1, 0.15) is 0 Å². The first-order valence-corrected chi connectivity index (χ1v) is 7.62. The maximum absolute atomic E-state index is 12.9. The molecule has 3 rings (SSSR count). The summed E-state index contributed by atoms with van der Waals surface area (Å²) in [6.45, 7) is 3.85. The Morgan fingerprint density at radius 2 is 1.82 bits per heavy atom. The number of hydrogen-bond acceptors (Lipinski definition) is 2. The lowest BCUT2D eigenvalue weighted by molar-refractivity contribution is -0.120. The van der Waals surface area contributed by atoms with Gasteiger partial charge >= 0.3 is 0 Å². The zero-order valence-corrected chi connectivity index (χ0v) is 12.9. The number of aryl methyl sites for hydroxylation is 1. The molecule has 1 heterocycles. The zero-order chi connectivity index (χ0) is 15.7. The summed E-state index contributed by atoms with van der Waals surface area (Å²) in [6.07, 6.45) is 1.02. The quantitative estimate of drug-likeness (QED) is 0.868. The molecule has 1 aliphatic heterocycles. The normalized spacial score (nSPS) is 17.3. The van der Waals surface area contributed by atoms with Crippen LogP contribution in [0.1, 0.15) is 34.8 Å². The Labute approximate surface area is 130 Å². The highest BCUT2D eigenvalue weighted by Gasteiger charge is 2.36. The highest BCUT2D eigenvalue weighted by atomic mass is 16.2. The van der Waals surface area contributed by atoms with Gasteiger partial charge in [-0.1, -0.05) is 42.8 Å². The van der Waals surface area contributed by atoms with E-state index in [1.165, 1.54) is 0 Å². The number of nitrogens with zero attached hydrogens (tertiary/aromatic N) is 1. The van der Waals surface area contributed by atoms with Gasteiger partial charge in [0, 0.05) is 24.1 Å². The SMILES string of the molecule is CCC(=O)C1Cc2ccccc2C(=O)N1c1ccc(C)cc1. The molecule has 2 aromatic rings. The fraction of sp³-hybridized carbons (Fsp3) is 0.263. The van der Waals surface area contributed by atoms with Crippen LogP contribution in [-0.2, 0) is 11.2 Å². The predicted octanol–water partition coefficient (Wildman–Crippen LogP) is 3.55. The maximum atomic E-state index is 12.9. The zero-order valence-electron chi connectivity index (χ0n) is 12.9. The first-order chi connectivity index (χ1) is 10.6. The summed E-state index contributed by atoms with van der Waals surface area (Å²) >= 11 is 0. The van der Waals surface area contributed by atoms with Gasteiger partial charge in [0.2, 0.25) is 0 Å². The third-order valence-corrected chi connectivity index (χ3v) is 4.22. The minimum absolute atomic E-state index is 0.0856. The third kappa shape index (κ3) is 2.43.